The highest BCUT2D eigenvalue weighted by Gasteiger charge is 2.15. The van der Waals surface area contributed by atoms with Gasteiger partial charge in [0.1, 0.15) is 0 Å². The highest BCUT2D eigenvalue weighted by atomic mass is 16.5. The number of rotatable bonds is 16. The highest BCUT2D eigenvalue weighted by molar-refractivity contribution is 6.08. The Kier molecular flexibility index (Phi) is 10.1. The lowest BCUT2D eigenvalue weighted by Crippen LogP contribution is -1.97. The van der Waals surface area contributed by atoms with E-state index >= 15 is 0 Å². The Hall–Kier alpha value is -2.16. The summed E-state index contributed by atoms with van der Waals surface area (Å²) in [4.78, 5) is 0. The van der Waals surface area contributed by atoms with Gasteiger partial charge in [-0.15, -0.1) is 0 Å². The standard InChI is InChI=1S/C28H40O3/c1-3-5-7-9-11-13-21-29-25-19-15-17-23-24-18-16-20-26(28(24)31-27(23)25)30-22-14-12-10-8-6-4-2/h15-20H,3-14,21-22H2,1-2H3. The zero-order chi connectivity index (χ0) is 21.7. The fourth-order valence-corrected chi connectivity index (χ4v) is 4.12. The van der Waals surface area contributed by atoms with Crippen molar-refractivity contribution in [2.75, 3.05) is 13.2 Å². The molecule has 0 unspecified atom stereocenters. The van der Waals surface area contributed by atoms with Crippen LogP contribution in [0.2, 0.25) is 0 Å². The summed E-state index contributed by atoms with van der Waals surface area (Å²) in [6, 6.07) is 12.3. The van der Waals surface area contributed by atoms with Crippen LogP contribution in [0.1, 0.15) is 90.9 Å². The van der Waals surface area contributed by atoms with E-state index < -0.39 is 0 Å². The average molecular weight is 425 g/mol. The number of furan rings is 1. The van der Waals surface area contributed by atoms with Crippen LogP contribution >= 0.6 is 0 Å². The van der Waals surface area contributed by atoms with Crippen molar-refractivity contribution >= 4 is 21.9 Å². The van der Waals surface area contributed by atoms with Crippen LogP contribution < -0.4 is 9.47 Å². The summed E-state index contributed by atoms with van der Waals surface area (Å²) >= 11 is 0. The van der Waals surface area contributed by atoms with Gasteiger partial charge in [0.15, 0.2) is 22.7 Å². The second-order valence-corrected chi connectivity index (χ2v) is 8.60. The molecule has 0 N–H and O–H groups in total. The van der Waals surface area contributed by atoms with E-state index in [9.17, 15) is 0 Å². The fraction of sp³-hybridized carbons (Fsp3) is 0.571. The Morgan fingerprint density at radius 3 is 1.42 bits per heavy atom. The summed E-state index contributed by atoms with van der Waals surface area (Å²) < 4.78 is 18.5. The molecule has 0 aliphatic rings. The van der Waals surface area contributed by atoms with E-state index in [2.05, 4.69) is 38.1 Å². The molecule has 0 saturated carbocycles. The van der Waals surface area contributed by atoms with Gasteiger partial charge in [0.2, 0.25) is 0 Å². The van der Waals surface area contributed by atoms with Crippen LogP contribution in [0.3, 0.4) is 0 Å². The van der Waals surface area contributed by atoms with E-state index in [1.54, 1.807) is 0 Å². The van der Waals surface area contributed by atoms with Crippen LogP contribution in [-0.4, -0.2) is 13.2 Å². The molecule has 3 heteroatoms. The first kappa shape index (κ1) is 23.5. The van der Waals surface area contributed by atoms with Crippen LogP contribution in [0.4, 0.5) is 0 Å². The molecular weight excluding hydrogens is 384 g/mol. The summed E-state index contributed by atoms with van der Waals surface area (Å²) in [6.45, 7) is 5.98. The van der Waals surface area contributed by atoms with Crippen LogP contribution in [0.25, 0.3) is 21.9 Å². The minimum absolute atomic E-state index is 0.740. The zero-order valence-electron chi connectivity index (χ0n) is 19.6. The number of fused-ring (bicyclic) bond motifs is 3. The van der Waals surface area contributed by atoms with Gasteiger partial charge in [-0.3, -0.25) is 0 Å². The predicted octanol–water partition coefficient (Wildman–Crippen LogP) is 9.06. The number of benzene rings is 2. The first-order valence-electron chi connectivity index (χ1n) is 12.5. The molecule has 3 rings (SSSR count). The monoisotopic (exact) mass is 424 g/mol. The van der Waals surface area contributed by atoms with Crippen molar-refractivity contribution in [3.05, 3.63) is 36.4 Å². The van der Waals surface area contributed by atoms with Gasteiger partial charge < -0.3 is 13.9 Å². The third-order valence-corrected chi connectivity index (χ3v) is 5.96. The van der Waals surface area contributed by atoms with Gasteiger partial charge in [-0.2, -0.15) is 0 Å². The second-order valence-electron chi connectivity index (χ2n) is 8.60. The molecule has 0 saturated heterocycles. The second kappa shape index (κ2) is 13.3. The van der Waals surface area contributed by atoms with E-state index in [4.69, 9.17) is 13.9 Å². The Labute approximate surface area is 188 Å². The average Bonchev–Trinajstić information content (AvgIpc) is 3.18. The smallest absolute Gasteiger partial charge is 0.177 e. The van der Waals surface area contributed by atoms with E-state index in [-0.39, 0.29) is 0 Å². The van der Waals surface area contributed by atoms with Crippen LogP contribution in [0.5, 0.6) is 11.5 Å². The molecule has 0 spiro atoms. The Morgan fingerprint density at radius 1 is 0.548 bits per heavy atom. The van der Waals surface area contributed by atoms with Gasteiger partial charge in [0.25, 0.3) is 0 Å². The van der Waals surface area contributed by atoms with Crippen molar-refractivity contribution in [3.63, 3.8) is 0 Å². The number of hydrogen-bond acceptors (Lipinski definition) is 3. The first-order chi connectivity index (χ1) is 15.3. The zero-order valence-corrected chi connectivity index (χ0v) is 19.6. The molecule has 3 nitrogen and oxygen atoms in total. The van der Waals surface area contributed by atoms with Crippen molar-refractivity contribution in [2.45, 2.75) is 90.9 Å². The molecule has 1 aromatic heterocycles. The molecule has 0 bridgehead atoms. The SMILES string of the molecule is CCCCCCCCOc1cccc2c1oc1c(OCCCCCCCC)cccc12. The first-order valence-corrected chi connectivity index (χ1v) is 12.5. The van der Waals surface area contributed by atoms with E-state index in [1.165, 1.54) is 64.2 Å². The van der Waals surface area contributed by atoms with Crippen LogP contribution in [0, 0.1) is 0 Å². The molecular formula is C28H40O3. The third-order valence-electron chi connectivity index (χ3n) is 5.96. The molecule has 31 heavy (non-hydrogen) atoms. The summed E-state index contributed by atoms with van der Waals surface area (Å²) in [5.41, 5.74) is 1.66. The molecule has 170 valence electrons. The largest absolute Gasteiger partial charge is 0.490 e. The molecule has 2 aromatic carbocycles. The number of hydrogen-bond donors (Lipinski definition) is 0. The number of unbranched alkanes of at least 4 members (excludes halogenated alkanes) is 10. The maximum Gasteiger partial charge on any atom is 0.177 e. The molecule has 0 radical (unpaired) electrons. The van der Waals surface area contributed by atoms with E-state index in [1.807, 2.05) is 12.1 Å². The van der Waals surface area contributed by atoms with E-state index in [0.717, 1.165) is 59.5 Å². The Morgan fingerprint density at radius 2 is 0.968 bits per heavy atom. The quantitative estimate of drug-likeness (QED) is 0.215. The van der Waals surface area contributed by atoms with Crippen molar-refractivity contribution in [1.29, 1.82) is 0 Å². The third kappa shape index (κ3) is 6.92. The molecule has 0 aliphatic heterocycles. The van der Waals surface area contributed by atoms with Crippen LogP contribution in [0.15, 0.2) is 40.8 Å². The van der Waals surface area contributed by atoms with Crippen LogP contribution in [-0.2, 0) is 0 Å². The van der Waals surface area contributed by atoms with Gasteiger partial charge in [0.05, 0.1) is 13.2 Å². The summed E-state index contributed by atoms with van der Waals surface area (Å²) in [6.07, 6.45) is 15.1. The summed E-state index contributed by atoms with van der Waals surface area (Å²) in [5.74, 6) is 1.67. The van der Waals surface area contributed by atoms with Crippen molar-refractivity contribution in [2.24, 2.45) is 0 Å². The van der Waals surface area contributed by atoms with Gasteiger partial charge in [-0.1, -0.05) is 102 Å². The number of ether oxygens (including phenoxy) is 2. The number of para-hydroxylation sites is 2. The Balaban J connectivity index is 1.59. The lowest BCUT2D eigenvalue weighted by atomic mass is 10.1. The van der Waals surface area contributed by atoms with E-state index in [0.29, 0.717) is 0 Å². The summed E-state index contributed by atoms with van der Waals surface area (Å²) in [7, 11) is 0. The lowest BCUT2D eigenvalue weighted by molar-refractivity contribution is 0.300. The maximum absolute atomic E-state index is 6.28. The molecule has 0 atom stereocenters. The van der Waals surface area contributed by atoms with Gasteiger partial charge >= 0.3 is 0 Å². The fourth-order valence-electron chi connectivity index (χ4n) is 4.12. The molecule has 0 fully saturated rings. The highest BCUT2D eigenvalue weighted by Crippen LogP contribution is 2.38. The minimum atomic E-state index is 0.740. The van der Waals surface area contributed by atoms with Gasteiger partial charge in [0, 0.05) is 10.8 Å². The molecule has 0 amide bonds. The van der Waals surface area contributed by atoms with Crippen molar-refractivity contribution in [3.8, 4) is 11.5 Å². The topological polar surface area (TPSA) is 31.6 Å². The predicted molar refractivity (Wildman–Crippen MR) is 131 cm³/mol. The van der Waals surface area contributed by atoms with Gasteiger partial charge in [-0.05, 0) is 25.0 Å². The van der Waals surface area contributed by atoms with Gasteiger partial charge in [-0.25, -0.2) is 0 Å². The maximum atomic E-state index is 6.28. The van der Waals surface area contributed by atoms with Crippen molar-refractivity contribution in [1.82, 2.24) is 0 Å². The lowest BCUT2D eigenvalue weighted by Gasteiger charge is -2.07. The Bertz CT molecular complexity index is 824. The summed E-state index contributed by atoms with van der Waals surface area (Å²) in [5, 5.41) is 2.20. The molecule has 3 aromatic rings. The minimum Gasteiger partial charge on any atom is -0.490 e. The molecule has 1 heterocycles. The van der Waals surface area contributed by atoms with Crippen molar-refractivity contribution < 1.29 is 13.9 Å². The molecule has 0 aliphatic carbocycles. The normalized spacial score (nSPS) is 11.4.